The summed E-state index contributed by atoms with van der Waals surface area (Å²) in [4.78, 5) is 15.3. The molecular weight excluding hydrogens is 150 g/mol. The average molecular weight is 161 g/mol. The first-order chi connectivity index (χ1) is 4.72. The van der Waals surface area contributed by atoms with Gasteiger partial charge in [-0.05, 0) is 12.7 Å². The van der Waals surface area contributed by atoms with E-state index in [1.165, 1.54) is 18.9 Å². The average Bonchev–Trinajstić information content (AvgIpc) is 1.89. The maximum Gasteiger partial charge on any atom is 0.236 e. The van der Waals surface area contributed by atoms with E-state index in [0.29, 0.717) is 5.71 Å². The molecule has 0 aromatic heterocycles. The zero-order chi connectivity index (χ0) is 7.98. The number of thioether (sulfide) groups is 1. The van der Waals surface area contributed by atoms with Crippen molar-refractivity contribution in [1.29, 1.82) is 0 Å². The summed E-state index contributed by atoms with van der Waals surface area (Å²) in [6.07, 6.45) is 0. The minimum Gasteiger partial charge on any atom is -0.399 e. The summed E-state index contributed by atoms with van der Waals surface area (Å²) in [5.41, 5.74) is 0.411. The molecule has 0 N–H and O–H groups in total. The molecule has 0 fully saturated rings. The molecule has 4 heteroatoms. The lowest BCUT2D eigenvalue weighted by atomic mass is 10.5. The second kappa shape index (κ2) is 5.29. The lowest BCUT2D eigenvalue weighted by Gasteiger charge is -1.94. The normalized spacial score (nSPS) is 11.3. The van der Waals surface area contributed by atoms with Crippen LogP contribution in [0, 0.1) is 0 Å². The largest absolute Gasteiger partial charge is 0.399 e. The van der Waals surface area contributed by atoms with E-state index in [9.17, 15) is 4.79 Å². The third kappa shape index (κ3) is 3.50. The molecule has 58 valence electrons. The summed E-state index contributed by atoms with van der Waals surface area (Å²) in [7, 11) is 1.42. The van der Waals surface area contributed by atoms with E-state index in [1.54, 1.807) is 6.92 Å². The molecule has 0 atom stereocenters. The molecular formula is C6H11NO2S. The number of oxime groups is 1. The Morgan fingerprint density at radius 3 is 2.70 bits per heavy atom. The number of rotatable bonds is 3. The van der Waals surface area contributed by atoms with Gasteiger partial charge in [-0.2, -0.15) is 0 Å². The van der Waals surface area contributed by atoms with E-state index >= 15 is 0 Å². The number of hydrogen-bond donors (Lipinski definition) is 0. The van der Waals surface area contributed by atoms with Gasteiger partial charge in [-0.15, -0.1) is 0 Å². The number of carbonyl (C=O) groups excluding carboxylic acids is 1. The van der Waals surface area contributed by atoms with Crippen LogP contribution in [0.15, 0.2) is 5.16 Å². The van der Waals surface area contributed by atoms with Crippen LogP contribution in [0.2, 0.25) is 0 Å². The molecule has 10 heavy (non-hydrogen) atoms. The van der Waals surface area contributed by atoms with E-state index in [1.807, 2.05) is 6.92 Å². The molecule has 0 aromatic rings. The Kier molecular flexibility index (Phi) is 5.02. The Hall–Kier alpha value is -0.510. The number of nitrogens with zero attached hydrogens (tertiary/aromatic N) is 1. The molecule has 0 aliphatic rings. The summed E-state index contributed by atoms with van der Waals surface area (Å²) in [6, 6.07) is 0. The van der Waals surface area contributed by atoms with Crippen LogP contribution >= 0.6 is 11.8 Å². The molecule has 0 unspecified atom stereocenters. The highest BCUT2D eigenvalue weighted by atomic mass is 32.2. The van der Waals surface area contributed by atoms with Gasteiger partial charge >= 0.3 is 0 Å². The van der Waals surface area contributed by atoms with Crippen molar-refractivity contribution in [3.8, 4) is 0 Å². The van der Waals surface area contributed by atoms with E-state index in [0.717, 1.165) is 5.75 Å². The molecule has 0 aliphatic heterocycles. The van der Waals surface area contributed by atoms with Crippen LogP contribution < -0.4 is 0 Å². The highest BCUT2D eigenvalue weighted by Crippen LogP contribution is 2.01. The summed E-state index contributed by atoms with van der Waals surface area (Å²) in [5, 5.41) is 3.47. The molecule has 0 saturated carbocycles. The van der Waals surface area contributed by atoms with E-state index in [4.69, 9.17) is 0 Å². The smallest absolute Gasteiger partial charge is 0.236 e. The van der Waals surface area contributed by atoms with Gasteiger partial charge in [0.15, 0.2) is 0 Å². The fourth-order valence-electron chi connectivity index (χ4n) is 0.410. The predicted octanol–water partition coefficient (Wildman–Crippen LogP) is 1.29. The lowest BCUT2D eigenvalue weighted by molar-refractivity contribution is -0.105. The van der Waals surface area contributed by atoms with Crippen LogP contribution in [-0.4, -0.2) is 23.7 Å². The van der Waals surface area contributed by atoms with Gasteiger partial charge in [-0.25, -0.2) is 0 Å². The standard InChI is InChI=1S/C6H11NO2S/c1-4-10-6(8)5(2)7-9-3/h4H2,1-3H3/b7-5+. The predicted molar refractivity (Wildman–Crippen MR) is 43.3 cm³/mol. The molecule has 0 rings (SSSR count). The highest BCUT2D eigenvalue weighted by Gasteiger charge is 2.04. The van der Waals surface area contributed by atoms with Gasteiger partial charge in [-0.1, -0.05) is 23.8 Å². The van der Waals surface area contributed by atoms with Crippen LogP contribution in [0.1, 0.15) is 13.8 Å². The van der Waals surface area contributed by atoms with Crippen molar-refractivity contribution in [2.75, 3.05) is 12.9 Å². The van der Waals surface area contributed by atoms with Gasteiger partial charge in [-0.3, -0.25) is 4.79 Å². The molecule has 0 heterocycles. The fraction of sp³-hybridized carbons (Fsp3) is 0.667. The molecule has 0 aliphatic carbocycles. The van der Waals surface area contributed by atoms with Gasteiger partial charge in [0.1, 0.15) is 12.8 Å². The Morgan fingerprint density at radius 1 is 1.70 bits per heavy atom. The zero-order valence-corrected chi connectivity index (χ0v) is 7.20. The first-order valence-corrected chi connectivity index (χ1v) is 3.95. The number of carbonyl (C=O) groups is 1. The van der Waals surface area contributed by atoms with Crippen LogP contribution in [0.4, 0.5) is 0 Å². The monoisotopic (exact) mass is 161 g/mol. The van der Waals surface area contributed by atoms with Crippen molar-refractivity contribution in [2.24, 2.45) is 5.16 Å². The summed E-state index contributed by atoms with van der Waals surface area (Å²) >= 11 is 1.23. The molecule has 0 saturated heterocycles. The van der Waals surface area contributed by atoms with E-state index in [2.05, 4.69) is 9.99 Å². The van der Waals surface area contributed by atoms with Crippen LogP contribution in [0.5, 0.6) is 0 Å². The van der Waals surface area contributed by atoms with Crippen molar-refractivity contribution in [1.82, 2.24) is 0 Å². The van der Waals surface area contributed by atoms with Crippen LogP contribution in [0.3, 0.4) is 0 Å². The Morgan fingerprint density at radius 2 is 2.30 bits per heavy atom. The third-order valence-electron chi connectivity index (χ3n) is 0.799. The molecule has 0 radical (unpaired) electrons. The molecule has 3 nitrogen and oxygen atoms in total. The quantitative estimate of drug-likeness (QED) is 0.462. The SMILES string of the molecule is CCSC(=O)/C(C)=N/OC. The summed E-state index contributed by atoms with van der Waals surface area (Å²) in [5.74, 6) is 0.773. The minimum absolute atomic E-state index is 0.0237. The van der Waals surface area contributed by atoms with Crippen LogP contribution in [0.25, 0.3) is 0 Å². The molecule has 0 spiro atoms. The lowest BCUT2D eigenvalue weighted by Crippen LogP contribution is -2.05. The second-order valence-corrected chi connectivity index (χ2v) is 2.82. The highest BCUT2D eigenvalue weighted by molar-refractivity contribution is 8.15. The van der Waals surface area contributed by atoms with Crippen LogP contribution in [-0.2, 0) is 9.63 Å². The maximum atomic E-state index is 10.9. The third-order valence-corrected chi connectivity index (χ3v) is 1.65. The molecule has 0 bridgehead atoms. The van der Waals surface area contributed by atoms with Gasteiger partial charge < -0.3 is 4.84 Å². The zero-order valence-electron chi connectivity index (χ0n) is 6.38. The number of hydrogen-bond acceptors (Lipinski definition) is 4. The van der Waals surface area contributed by atoms with Crippen molar-refractivity contribution < 1.29 is 9.63 Å². The minimum atomic E-state index is -0.0237. The Labute approximate surface area is 64.8 Å². The maximum absolute atomic E-state index is 10.9. The Balaban J connectivity index is 3.82. The van der Waals surface area contributed by atoms with Gasteiger partial charge in [0.2, 0.25) is 5.12 Å². The van der Waals surface area contributed by atoms with Gasteiger partial charge in [0.05, 0.1) is 0 Å². The summed E-state index contributed by atoms with van der Waals surface area (Å²) in [6.45, 7) is 3.55. The van der Waals surface area contributed by atoms with Gasteiger partial charge in [0.25, 0.3) is 0 Å². The van der Waals surface area contributed by atoms with Crippen molar-refractivity contribution in [3.63, 3.8) is 0 Å². The van der Waals surface area contributed by atoms with E-state index in [-0.39, 0.29) is 5.12 Å². The van der Waals surface area contributed by atoms with Crippen molar-refractivity contribution >= 4 is 22.6 Å². The fourth-order valence-corrected chi connectivity index (χ4v) is 0.918. The summed E-state index contributed by atoms with van der Waals surface area (Å²) < 4.78 is 0. The first kappa shape index (κ1) is 9.49. The van der Waals surface area contributed by atoms with Gasteiger partial charge in [0, 0.05) is 0 Å². The van der Waals surface area contributed by atoms with Crippen molar-refractivity contribution in [3.05, 3.63) is 0 Å². The second-order valence-electron chi connectivity index (χ2n) is 1.58. The van der Waals surface area contributed by atoms with E-state index < -0.39 is 0 Å². The molecule has 0 aromatic carbocycles. The molecule has 0 amide bonds. The Bertz CT molecular complexity index is 145. The van der Waals surface area contributed by atoms with Crippen molar-refractivity contribution in [2.45, 2.75) is 13.8 Å². The first-order valence-electron chi connectivity index (χ1n) is 2.97. The topological polar surface area (TPSA) is 38.7 Å².